The number of aliphatic carboxylic acids is 1. The fourth-order valence-electron chi connectivity index (χ4n) is 0.956. The van der Waals surface area contributed by atoms with Crippen molar-refractivity contribution < 1.29 is 30.0 Å². The van der Waals surface area contributed by atoms with Crippen molar-refractivity contribution in [3.05, 3.63) is 0 Å². The van der Waals surface area contributed by atoms with E-state index in [0.717, 1.165) is 13.8 Å². The van der Waals surface area contributed by atoms with Gasteiger partial charge in [0.2, 0.25) is 5.79 Å². The number of hydrogen-bond donors (Lipinski definition) is 4. The lowest BCUT2D eigenvalue weighted by molar-refractivity contribution is -0.235. The van der Waals surface area contributed by atoms with Gasteiger partial charge in [-0.2, -0.15) is 0 Å². The maximum atomic E-state index is 11.7. The van der Waals surface area contributed by atoms with Crippen molar-refractivity contribution in [1.29, 1.82) is 0 Å². The highest BCUT2D eigenvalue weighted by Crippen LogP contribution is 2.35. The summed E-state index contributed by atoms with van der Waals surface area (Å²) in [5.41, 5.74) is -2.87. The van der Waals surface area contributed by atoms with Crippen LogP contribution < -0.4 is 0 Å². The molecule has 6 heteroatoms. The lowest BCUT2D eigenvalue weighted by Crippen LogP contribution is -2.58. The third-order valence-electron chi connectivity index (χ3n) is 2.88. The van der Waals surface area contributed by atoms with Gasteiger partial charge in [0.1, 0.15) is 5.41 Å². The number of carboxylic acids is 1. The van der Waals surface area contributed by atoms with Crippen LogP contribution in [0.4, 0.5) is 0 Å². The van der Waals surface area contributed by atoms with Crippen molar-refractivity contribution >= 4 is 11.8 Å². The number of aliphatic hydroxyl groups excluding tert-OH is 1. The zero-order valence-electron chi connectivity index (χ0n) is 14.3. The van der Waals surface area contributed by atoms with Gasteiger partial charge in [0.15, 0.2) is 5.78 Å². The number of carbonyl (C=O) groups is 2. The van der Waals surface area contributed by atoms with Gasteiger partial charge in [-0.15, -0.1) is 0 Å². The molecule has 0 saturated heterocycles. The molecule has 0 heterocycles. The van der Waals surface area contributed by atoms with Crippen molar-refractivity contribution in [2.75, 3.05) is 6.61 Å². The van der Waals surface area contributed by atoms with Crippen molar-refractivity contribution in [3.63, 3.8) is 0 Å². The molecule has 0 aromatic carbocycles. The van der Waals surface area contributed by atoms with E-state index in [9.17, 15) is 19.8 Å². The Balaban J connectivity index is 0. The van der Waals surface area contributed by atoms with Crippen LogP contribution in [0.3, 0.4) is 0 Å². The van der Waals surface area contributed by atoms with Gasteiger partial charge in [0.25, 0.3) is 0 Å². The minimum atomic E-state index is -2.88. The molecule has 0 aliphatic heterocycles. The van der Waals surface area contributed by atoms with Crippen LogP contribution in [0, 0.1) is 16.2 Å². The second kappa shape index (κ2) is 6.85. The molecule has 0 aromatic rings. The Morgan fingerprint density at radius 1 is 0.857 bits per heavy atom. The number of aliphatic hydroxyl groups is 3. The standard InChI is InChI=1S/C10H18O5.C5H12O/c1-8(2,3)6(11)10(14,15)9(4,5)7(12)13;1-5(2,3)4-6/h14-15H,1-5H3,(H,12,13);6H,4H2,1-3H3. The maximum Gasteiger partial charge on any atom is 0.315 e. The van der Waals surface area contributed by atoms with Crippen LogP contribution in [0.25, 0.3) is 0 Å². The molecule has 0 spiro atoms. The molecule has 4 N–H and O–H groups in total. The Hall–Kier alpha value is -0.980. The third kappa shape index (κ3) is 6.54. The quantitative estimate of drug-likeness (QED) is 0.586. The first-order valence-electron chi connectivity index (χ1n) is 6.75. The molecular formula is C15H30O6. The molecule has 0 aliphatic carbocycles. The van der Waals surface area contributed by atoms with Gasteiger partial charge < -0.3 is 20.4 Å². The topological polar surface area (TPSA) is 115 Å². The summed E-state index contributed by atoms with van der Waals surface area (Å²) in [5.74, 6) is -5.23. The first kappa shape index (κ1) is 22.3. The summed E-state index contributed by atoms with van der Waals surface area (Å²) < 4.78 is 0. The largest absolute Gasteiger partial charge is 0.481 e. The summed E-state index contributed by atoms with van der Waals surface area (Å²) in [5, 5.41) is 36.5. The molecule has 0 aliphatic rings. The van der Waals surface area contributed by atoms with Gasteiger partial charge in [-0.1, -0.05) is 41.5 Å². The highest BCUT2D eigenvalue weighted by molar-refractivity contribution is 5.95. The highest BCUT2D eigenvalue weighted by Gasteiger charge is 2.56. The van der Waals surface area contributed by atoms with Crippen molar-refractivity contribution in [1.82, 2.24) is 0 Å². The second-order valence-corrected chi connectivity index (χ2v) is 7.90. The summed E-state index contributed by atoms with van der Waals surface area (Å²) in [4.78, 5) is 22.5. The van der Waals surface area contributed by atoms with E-state index in [1.54, 1.807) is 0 Å². The lowest BCUT2D eigenvalue weighted by Gasteiger charge is -2.37. The Labute approximate surface area is 126 Å². The number of Topliss-reactive ketones (excluding diaryl/α,β-unsaturated/α-hetero) is 1. The number of carboxylic acid groups (broad SMARTS) is 1. The van der Waals surface area contributed by atoms with E-state index in [-0.39, 0.29) is 12.0 Å². The van der Waals surface area contributed by atoms with E-state index < -0.39 is 28.4 Å². The van der Waals surface area contributed by atoms with Crippen LogP contribution in [-0.4, -0.2) is 44.6 Å². The zero-order chi connectivity index (χ0) is 17.9. The Morgan fingerprint density at radius 3 is 1.29 bits per heavy atom. The van der Waals surface area contributed by atoms with Gasteiger partial charge in [-0.25, -0.2) is 0 Å². The van der Waals surface area contributed by atoms with E-state index in [4.69, 9.17) is 10.2 Å². The van der Waals surface area contributed by atoms with Crippen LogP contribution in [0.1, 0.15) is 55.4 Å². The second-order valence-electron chi connectivity index (χ2n) is 7.90. The average Bonchev–Trinajstić information content (AvgIpc) is 2.26. The smallest absolute Gasteiger partial charge is 0.315 e. The SMILES string of the molecule is CC(C)(C)C(=O)C(O)(O)C(C)(C)C(=O)O.CC(C)(C)CO. The maximum absolute atomic E-state index is 11.7. The summed E-state index contributed by atoms with van der Waals surface area (Å²) >= 11 is 0. The van der Waals surface area contributed by atoms with Gasteiger partial charge in [-0.3, -0.25) is 9.59 Å². The third-order valence-corrected chi connectivity index (χ3v) is 2.88. The molecule has 21 heavy (non-hydrogen) atoms. The molecule has 0 radical (unpaired) electrons. The molecule has 0 saturated carbocycles. The van der Waals surface area contributed by atoms with Gasteiger partial charge in [0.05, 0.1) is 0 Å². The van der Waals surface area contributed by atoms with Crippen LogP contribution in [0.15, 0.2) is 0 Å². The molecule has 0 aromatic heterocycles. The molecule has 6 nitrogen and oxygen atoms in total. The number of carbonyl (C=O) groups excluding carboxylic acids is 1. The summed E-state index contributed by atoms with van der Waals surface area (Å²) in [6.07, 6.45) is 0. The lowest BCUT2D eigenvalue weighted by atomic mass is 9.73. The summed E-state index contributed by atoms with van der Waals surface area (Å²) in [6.45, 7) is 12.9. The molecule has 0 bridgehead atoms. The monoisotopic (exact) mass is 306 g/mol. The molecule has 126 valence electrons. The highest BCUT2D eigenvalue weighted by atomic mass is 16.5. The Bertz CT molecular complexity index is 369. The number of rotatable bonds is 3. The van der Waals surface area contributed by atoms with Gasteiger partial charge >= 0.3 is 5.97 Å². The molecule has 0 fully saturated rings. The summed E-state index contributed by atoms with van der Waals surface area (Å²) in [7, 11) is 0. The fourth-order valence-corrected chi connectivity index (χ4v) is 0.956. The predicted molar refractivity (Wildman–Crippen MR) is 79.6 cm³/mol. The van der Waals surface area contributed by atoms with Crippen molar-refractivity contribution in [2.24, 2.45) is 16.2 Å². The van der Waals surface area contributed by atoms with Crippen LogP contribution >= 0.6 is 0 Å². The zero-order valence-corrected chi connectivity index (χ0v) is 14.3. The van der Waals surface area contributed by atoms with Crippen molar-refractivity contribution in [2.45, 2.75) is 61.2 Å². The van der Waals surface area contributed by atoms with E-state index in [2.05, 4.69) is 0 Å². The first-order valence-corrected chi connectivity index (χ1v) is 6.75. The van der Waals surface area contributed by atoms with Gasteiger partial charge in [0, 0.05) is 12.0 Å². The van der Waals surface area contributed by atoms with Crippen LogP contribution in [-0.2, 0) is 9.59 Å². The van der Waals surface area contributed by atoms with E-state index in [1.165, 1.54) is 20.8 Å². The molecular weight excluding hydrogens is 276 g/mol. The Kier molecular flexibility index (Phi) is 7.28. The number of hydrogen-bond acceptors (Lipinski definition) is 5. The van der Waals surface area contributed by atoms with E-state index in [1.807, 2.05) is 20.8 Å². The van der Waals surface area contributed by atoms with E-state index >= 15 is 0 Å². The van der Waals surface area contributed by atoms with Crippen molar-refractivity contribution in [3.8, 4) is 0 Å². The summed E-state index contributed by atoms with van der Waals surface area (Å²) in [6, 6.07) is 0. The van der Waals surface area contributed by atoms with E-state index in [0.29, 0.717) is 0 Å². The predicted octanol–water partition coefficient (Wildman–Crippen LogP) is 1.42. The Morgan fingerprint density at radius 2 is 1.14 bits per heavy atom. The molecule has 0 unspecified atom stereocenters. The minimum Gasteiger partial charge on any atom is -0.481 e. The molecule has 0 atom stereocenters. The fraction of sp³-hybridized carbons (Fsp3) is 0.867. The molecule has 0 amide bonds. The normalized spacial score (nSPS) is 13.3. The number of ketones is 1. The average molecular weight is 306 g/mol. The first-order chi connectivity index (χ1) is 8.91. The van der Waals surface area contributed by atoms with Gasteiger partial charge in [-0.05, 0) is 19.3 Å². The molecule has 0 rings (SSSR count). The van der Waals surface area contributed by atoms with Crippen LogP contribution in [0.5, 0.6) is 0 Å². The minimum absolute atomic E-state index is 0.0972. The van der Waals surface area contributed by atoms with Crippen LogP contribution in [0.2, 0.25) is 0 Å².